The van der Waals surface area contributed by atoms with Crippen molar-refractivity contribution in [2.45, 2.75) is 13.8 Å². The molecular formula is C11H13N3. The van der Waals surface area contributed by atoms with E-state index in [1.807, 2.05) is 6.07 Å². The van der Waals surface area contributed by atoms with Crippen LogP contribution in [0.2, 0.25) is 0 Å². The van der Waals surface area contributed by atoms with Gasteiger partial charge in [0, 0.05) is 17.6 Å². The molecule has 0 saturated heterocycles. The van der Waals surface area contributed by atoms with Gasteiger partial charge in [-0.3, -0.25) is 4.98 Å². The zero-order chi connectivity index (χ0) is 10.1. The van der Waals surface area contributed by atoms with Crippen LogP contribution in [0.3, 0.4) is 0 Å². The summed E-state index contributed by atoms with van der Waals surface area (Å²) in [6.45, 7) is 4.12. The molecule has 14 heavy (non-hydrogen) atoms. The summed E-state index contributed by atoms with van der Waals surface area (Å²) in [5, 5.41) is 0. The number of aryl methyl sites for hydroxylation is 2. The van der Waals surface area contributed by atoms with Crippen LogP contribution in [-0.2, 0) is 0 Å². The second-order valence-corrected chi connectivity index (χ2v) is 3.39. The van der Waals surface area contributed by atoms with Crippen molar-refractivity contribution in [1.29, 1.82) is 0 Å². The van der Waals surface area contributed by atoms with Gasteiger partial charge in [0.1, 0.15) is 0 Å². The number of hydrogen-bond acceptors (Lipinski definition) is 2. The highest BCUT2D eigenvalue weighted by atomic mass is 15.0. The molecule has 0 amide bonds. The SMILES string of the molecule is Cc1ccc(C)n1-c1ccncc1N. The minimum atomic E-state index is 0.704. The number of rotatable bonds is 1. The van der Waals surface area contributed by atoms with E-state index in [9.17, 15) is 0 Å². The fourth-order valence-electron chi connectivity index (χ4n) is 1.65. The highest BCUT2D eigenvalue weighted by molar-refractivity contribution is 5.57. The Hall–Kier alpha value is -1.77. The Morgan fingerprint density at radius 1 is 1.14 bits per heavy atom. The lowest BCUT2D eigenvalue weighted by Crippen LogP contribution is -2.03. The topological polar surface area (TPSA) is 43.8 Å². The Bertz CT molecular complexity index is 438. The molecule has 0 bridgehead atoms. The van der Waals surface area contributed by atoms with E-state index in [0.29, 0.717) is 5.69 Å². The fraction of sp³-hybridized carbons (Fsp3) is 0.182. The van der Waals surface area contributed by atoms with Gasteiger partial charge < -0.3 is 10.3 Å². The third kappa shape index (κ3) is 1.27. The van der Waals surface area contributed by atoms with E-state index >= 15 is 0 Å². The summed E-state index contributed by atoms with van der Waals surface area (Å²) in [5.41, 5.74) is 9.93. The monoisotopic (exact) mass is 187 g/mol. The summed E-state index contributed by atoms with van der Waals surface area (Å²) < 4.78 is 2.12. The molecule has 2 heterocycles. The molecule has 0 spiro atoms. The molecule has 0 unspecified atom stereocenters. The van der Waals surface area contributed by atoms with E-state index in [-0.39, 0.29) is 0 Å². The number of nitrogens with zero attached hydrogens (tertiary/aromatic N) is 2. The number of hydrogen-bond donors (Lipinski definition) is 1. The molecule has 0 aliphatic heterocycles. The smallest absolute Gasteiger partial charge is 0.0745 e. The molecule has 72 valence electrons. The van der Waals surface area contributed by atoms with Crippen LogP contribution in [0.4, 0.5) is 5.69 Å². The molecule has 0 fully saturated rings. The standard InChI is InChI=1S/C11H13N3/c1-8-3-4-9(2)14(8)11-5-6-13-7-10(11)12/h3-7H,12H2,1-2H3. The first-order chi connectivity index (χ1) is 6.70. The molecule has 0 aliphatic carbocycles. The van der Waals surface area contributed by atoms with E-state index in [2.05, 4.69) is 35.5 Å². The summed E-state index contributed by atoms with van der Waals surface area (Å²) in [6, 6.07) is 6.08. The van der Waals surface area contributed by atoms with Gasteiger partial charge in [-0.05, 0) is 32.0 Å². The van der Waals surface area contributed by atoms with E-state index in [1.165, 1.54) is 11.4 Å². The molecular weight excluding hydrogens is 174 g/mol. The zero-order valence-electron chi connectivity index (χ0n) is 8.36. The van der Waals surface area contributed by atoms with Crippen LogP contribution < -0.4 is 5.73 Å². The molecule has 3 nitrogen and oxygen atoms in total. The molecule has 0 atom stereocenters. The van der Waals surface area contributed by atoms with Crippen molar-refractivity contribution < 1.29 is 0 Å². The molecule has 2 rings (SSSR count). The van der Waals surface area contributed by atoms with Crippen LogP contribution in [0.25, 0.3) is 5.69 Å². The third-order valence-electron chi connectivity index (χ3n) is 2.34. The average molecular weight is 187 g/mol. The van der Waals surface area contributed by atoms with Gasteiger partial charge in [-0.2, -0.15) is 0 Å². The maximum atomic E-state index is 5.87. The highest BCUT2D eigenvalue weighted by Crippen LogP contribution is 2.20. The molecule has 0 saturated carbocycles. The van der Waals surface area contributed by atoms with Gasteiger partial charge in [0.25, 0.3) is 0 Å². The lowest BCUT2D eigenvalue weighted by atomic mass is 10.3. The normalized spacial score (nSPS) is 10.4. The van der Waals surface area contributed by atoms with Gasteiger partial charge >= 0.3 is 0 Å². The molecule has 3 heteroatoms. The maximum absolute atomic E-state index is 5.87. The number of nitrogens with two attached hydrogens (primary N) is 1. The minimum absolute atomic E-state index is 0.704. The van der Waals surface area contributed by atoms with Gasteiger partial charge in [0.2, 0.25) is 0 Å². The molecule has 2 aromatic heterocycles. The second-order valence-electron chi connectivity index (χ2n) is 3.39. The number of pyridine rings is 1. The summed E-state index contributed by atoms with van der Waals surface area (Å²) in [7, 11) is 0. The number of aromatic nitrogens is 2. The van der Waals surface area contributed by atoms with Crippen molar-refractivity contribution in [3.05, 3.63) is 42.0 Å². The predicted octanol–water partition coefficient (Wildman–Crippen LogP) is 2.07. The molecule has 2 aromatic rings. The Labute approximate surface area is 83.2 Å². The van der Waals surface area contributed by atoms with E-state index < -0.39 is 0 Å². The van der Waals surface area contributed by atoms with Crippen LogP contribution in [-0.4, -0.2) is 9.55 Å². The van der Waals surface area contributed by atoms with E-state index in [1.54, 1.807) is 12.4 Å². The summed E-state index contributed by atoms with van der Waals surface area (Å²) in [4.78, 5) is 3.98. The van der Waals surface area contributed by atoms with Crippen molar-refractivity contribution in [1.82, 2.24) is 9.55 Å². The van der Waals surface area contributed by atoms with Crippen molar-refractivity contribution in [2.24, 2.45) is 0 Å². The first-order valence-electron chi connectivity index (χ1n) is 4.55. The third-order valence-corrected chi connectivity index (χ3v) is 2.34. The first-order valence-corrected chi connectivity index (χ1v) is 4.55. The van der Waals surface area contributed by atoms with E-state index in [0.717, 1.165) is 5.69 Å². The lowest BCUT2D eigenvalue weighted by Gasteiger charge is -2.11. The quantitative estimate of drug-likeness (QED) is 0.742. The van der Waals surface area contributed by atoms with Crippen molar-refractivity contribution in [2.75, 3.05) is 5.73 Å². The largest absolute Gasteiger partial charge is 0.396 e. The van der Waals surface area contributed by atoms with Crippen LogP contribution in [0.1, 0.15) is 11.4 Å². The van der Waals surface area contributed by atoms with E-state index in [4.69, 9.17) is 5.73 Å². The van der Waals surface area contributed by atoms with Gasteiger partial charge in [-0.1, -0.05) is 0 Å². The van der Waals surface area contributed by atoms with Crippen LogP contribution in [0.15, 0.2) is 30.6 Å². The number of nitrogen functional groups attached to an aromatic ring is 1. The Kier molecular flexibility index (Phi) is 2.00. The second kappa shape index (κ2) is 3.18. The van der Waals surface area contributed by atoms with Gasteiger partial charge in [0.15, 0.2) is 0 Å². The van der Waals surface area contributed by atoms with Gasteiger partial charge in [0.05, 0.1) is 17.6 Å². The summed E-state index contributed by atoms with van der Waals surface area (Å²) >= 11 is 0. The Morgan fingerprint density at radius 2 is 1.79 bits per heavy atom. The highest BCUT2D eigenvalue weighted by Gasteiger charge is 2.05. The molecule has 2 N–H and O–H groups in total. The fourth-order valence-corrected chi connectivity index (χ4v) is 1.65. The van der Waals surface area contributed by atoms with Crippen LogP contribution >= 0.6 is 0 Å². The number of anilines is 1. The molecule has 0 aliphatic rings. The van der Waals surface area contributed by atoms with Gasteiger partial charge in [-0.25, -0.2) is 0 Å². The van der Waals surface area contributed by atoms with Gasteiger partial charge in [-0.15, -0.1) is 0 Å². The average Bonchev–Trinajstić information content (AvgIpc) is 2.48. The first kappa shape index (κ1) is 8.81. The predicted molar refractivity (Wildman–Crippen MR) is 57.5 cm³/mol. The van der Waals surface area contributed by atoms with Crippen molar-refractivity contribution in [3.63, 3.8) is 0 Å². The summed E-state index contributed by atoms with van der Waals surface area (Å²) in [5.74, 6) is 0. The van der Waals surface area contributed by atoms with Crippen molar-refractivity contribution in [3.8, 4) is 5.69 Å². The Morgan fingerprint density at radius 3 is 2.36 bits per heavy atom. The molecule has 0 radical (unpaired) electrons. The zero-order valence-corrected chi connectivity index (χ0v) is 8.36. The lowest BCUT2D eigenvalue weighted by molar-refractivity contribution is 0.964. The summed E-state index contributed by atoms with van der Waals surface area (Å²) in [6.07, 6.45) is 3.43. The minimum Gasteiger partial charge on any atom is -0.396 e. The Balaban J connectivity index is 2.66. The van der Waals surface area contributed by atoms with Crippen molar-refractivity contribution >= 4 is 5.69 Å². The maximum Gasteiger partial charge on any atom is 0.0745 e. The van der Waals surface area contributed by atoms with Crippen LogP contribution in [0.5, 0.6) is 0 Å². The molecule has 0 aromatic carbocycles. The van der Waals surface area contributed by atoms with Crippen LogP contribution in [0, 0.1) is 13.8 Å².